The van der Waals surface area contributed by atoms with Crippen molar-refractivity contribution in [1.29, 1.82) is 0 Å². The molecule has 0 spiro atoms. The smallest absolute Gasteiger partial charge is 0.313 e. The van der Waals surface area contributed by atoms with E-state index in [4.69, 9.17) is 4.74 Å². The predicted octanol–water partition coefficient (Wildman–Crippen LogP) is 1.15. The van der Waals surface area contributed by atoms with Gasteiger partial charge < -0.3 is 15.3 Å². The number of para-hydroxylation sites is 2. The summed E-state index contributed by atoms with van der Waals surface area (Å²) in [5.41, 5.74) is -2.42. The minimum atomic E-state index is -1.26. The van der Waals surface area contributed by atoms with Gasteiger partial charge in [0.05, 0.1) is 5.41 Å². The second-order valence-corrected chi connectivity index (χ2v) is 6.98. The summed E-state index contributed by atoms with van der Waals surface area (Å²) in [6.45, 7) is 5.53. The van der Waals surface area contributed by atoms with E-state index in [0.29, 0.717) is 12.8 Å². The van der Waals surface area contributed by atoms with Gasteiger partial charge in [0.1, 0.15) is 5.69 Å². The van der Waals surface area contributed by atoms with Crippen LogP contribution in [0.1, 0.15) is 33.6 Å². The van der Waals surface area contributed by atoms with Gasteiger partial charge in [0.15, 0.2) is 11.3 Å². The molecule has 1 aliphatic carbocycles. The summed E-state index contributed by atoms with van der Waals surface area (Å²) in [6.07, 6.45) is 1.01. The summed E-state index contributed by atoms with van der Waals surface area (Å²) >= 11 is 0. The van der Waals surface area contributed by atoms with Crippen LogP contribution in [-0.4, -0.2) is 22.7 Å². The van der Waals surface area contributed by atoms with Crippen molar-refractivity contribution in [3.05, 3.63) is 29.5 Å². The Bertz CT molecular complexity index is 687. The van der Waals surface area contributed by atoms with E-state index < -0.39 is 27.6 Å². The van der Waals surface area contributed by atoms with Gasteiger partial charge in [-0.05, 0) is 25.8 Å². The average Bonchev–Trinajstić information content (AvgIpc) is 2.78. The van der Waals surface area contributed by atoms with Gasteiger partial charge in [-0.1, -0.05) is 26.0 Å². The molecule has 3 atom stereocenters. The molecular weight excluding hydrogens is 300 g/mol. The van der Waals surface area contributed by atoms with E-state index in [-0.39, 0.29) is 17.3 Å². The van der Waals surface area contributed by atoms with Crippen molar-refractivity contribution in [2.75, 3.05) is 5.32 Å². The van der Waals surface area contributed by atoms with Crippen molar-refractivity contribution in [2.24, 2.45) is 10.8 Å². The minimum Gasteiger partial charge on any atom is -0.595 e. The summed E-state index contributed by atoms with van der Waals surface area (Å²) in [6, 6.07) is 6.17. The zero-order valence-corrected chi connectivity index (χ0v) is 13.3. The predicted molar refractivity (Wildman–Crippen MR) is 80.8 cm³/mol. The molecule has 124 valence electrons. The Balaban J connectivity index is 1.95. The minimum absolute atomic E-state index is 0.000128. The second kappa shape index (κ2) is 4.77. The van der Waals surface area contributed by atoms with Crippen molar-refractivity contribution in [2.45, 2.75) is 39.2 Å². The molecule has 1 unspecified atom stereocenters. The van der Waals surface area contributed by atoms with Crippen LogP contribution < -0.4 is 10.5 Å². The van der Waals surface area contributed by atoms with Crippen LogP contribution in [-0.2, 0) is 14.3 Å². The largest absolute Gasteiger partial charge is 0.595 e. The highest BCUT2D eigenvalue weighted by molar-refractivity contribution is 6.04. The highest BCUT2D eigenvalue weighted by Gasteiger charge is 2.75. The number of rotatable bonds is 3. The number of carbonyl (C=O) groups is 2. The van der Waals surface area contributed by atoms with Crippen LogP contribution in [0.25, 0.3) is 0 Å². The van der Waals surface area contributed by atoms with E-state index in [0.717, 1.165) is 0 Å². The molecule has 3 rings (SSSR count). The first-order chi connectivity index (χ1) is 10.7. The first-order valence-electron chi connectivity index (χ1n) is 7.53. The van der Waals surface area contributed by atoms with E-state index >= 15 is 0 Å². The van der Waals surface area contributed by atoms with Crippen molar-refractivity contribution in [1.82, 2.24) is 0 Å². The van der Waals surface area contributed by atoms with E-state index in [1.54, 1.807) is 12.1 Å². The van der Waals surface area contributed by atoms with Crippen molar-refractivity contribution in [3.8, 4) is 0 Å². The number of carbonyl (C=O) groups excluding carboxylic acids is 2. The molecule has 0 radical (unpaired) electrons. The van der Waals surface area contributed by atoms with Gasteiger partial charge in [-0.2, -0.15) is 5.23 Å². The first kappa shape index (κ1) is 15.9. The molecule has 7 nitrogen and oxygen atoms in total. The van der Waals surface area contributed by atoms with Crippen LogP contribution in [0.5, 0.6) is 0 Å². The highest BCUT2D eigenvalue weighted by Crippen LogP contribution is 2.65. The number of hydrogen-bond donors (Lipinski definition) is 3. The maximum Gasteiger partial charge on any atom is 0.313 e. The Morgan fingerprint density at radius 3 is 2.48 bits per heavy atom. The SMILES string of the molecule is CC1(C)[C@@]2(C(=O)Nc3ccccc3[NH+]([O-])O)CC[C@]1(C)C(=O)O2. The lowest BCUT2D eigenvalue weighted by Crippen LogP contribution is -2.99. The Kier molecular flexibility index (Phi) is 3.30. The van der Waals surface area contributed by atoms with E-state index in [9.17, 15) is 20.0 Å². The van der Waals surface area contributed by atoms with Crippen LogP contribution in [0.4, 0.5) is 11.4 Å². The third kappa shape index (κ3) is 1.87. The van der Waals surface area contributed by atoms with Gasteiger partial charge >= 0.3 is 5.97 Å². The third-order valence-electron chi connectivity index (χ3n) is 5.86. The van der Waals surface area contributed by atoms with Crippen LogP contribution in [0.15, 0.2) is 24.3 Å². The number of benzene rings is 1. The Morgan fingerprint density at radius 1 is 1.30 bits per heavy atom. The number of ether oxygens (including phenoxy) is 1. The van der Waals surface area contributed by atoms with Gasteiger partial charge in [0.2, 0.25) is 0 Å². The van der Waals surface area contributed by atoms with E-state index in [2.05, 4.69) is 5.32 Å². The molecule has 2 fully saturated rings. The molecule has 1 aliphatic heterocycles. The number of hydrogen-bond acceptors (Lipinski definition) is 5. The van der Waals surface area contributed by atoms with Crippen LogP contribution >= 0.6 is 0 Å². The number of amides is 1. The highest BCUT2D eigenvalue weighted by atomic mass is 16.8. The third-order valence-corrected chi connectivity index (χ3v) is 5.86. The molecule has 0 aromatic heterocycles. The monoisotopic (exact) mass is 320 g/mol. The maximum atomic E-state index is 12.9. The second-order valence-electron chi connectivity index (χ2n) is 6.98. The van der Waals surface area contributed by atoms with Crippen LogP contribution in [0.2, 0.25) is 0 Å². The lowest BCUT2D eigenvalue weighted by molar-refractivity contribution is -0.990. The van der Waals surface area contributed by atoms with Gasteiger partial charge in [-0.25, -0.2) is 5.21 Å². The summed E-state index contributed by atoms with van der Waals surface area (Å²) in [4.78, 5) is 25.1. The molecule has 23 heavy (non-hydrogen) atoms. The summed E-state index contributed by atoms with van der Waals surface area (Å²) < 4.78 is 5.50. The van der Waals surface area contributed by atoms with Crippen LogP contribution in [0, 0.1) is 16.0 Å². The van der Waals surface area contributed by atoms with Gasteiger partial charge in [0.25, 0.3) is 5.91 Å². The Morgan fingerprint density at radius 2 is 1.96 bits per heavy atom. The normalized spacial score (nSPS) is 32.5. The van der Waals surface area contributed by atoms with Crippen molar-refractivity contribution < 1.29 is 24.8 Å². The summed E-state index contributed by atoms with van der Waals surface area (Å²) in [5.74, 6) is -0.832. The number of fused-ring (bicyclic) bond motifs is 2. The molecule has 3 N–H and O–H groups in total. The fourth-order valence-electron chi connectivity index (χ4n) is 3.75. The molecule has 7 heteroatoms. The molecule has 1 amide bonds. The van der Waals surface area contributed by atoms with Crippen molar-refractivity contribution in [3.63, 3.8) is 0 Å². The first-order valence-corrected chi connectivity index (χ1v) is 7.53. The standard InChI is InChI=1S/C16H20N2O5/c1-14(2)15(3)8-9-16(14,23-13(15)20)12(19)17-10-6-4-5-7-11(10)18(21)22/h4-7,18,21H,8-9H2,1-3H3,(H,17,19)/t15-,16+/m1/s1. The van der Waals surface area contributed by atoms with E-state index in [1.807, 2.05) is 20.8 Å². The number of quaternary nitrogens is 1. The topological polar surface area (TPSA) is 103 Å². The molecule has 1 aromatic carbocycles. The lowest BCUT2D eigenvalue weighted by Gasteiger charge is -2.35. The molecule has 1 heterocycles. The Labute approximate surface area is 133 Å². The molecule has 1 aromatic rings. The zero-order valence-electron chi connectivity index (χ0n) is 13.3. The lowest BCUT2D eigenvalue weighted by atomic mass is 9.66. The fourth-order valence-corrected chi connectivity index (χ4v) is 3.75. The van der Waals surface area contributed by atoms with Gasteiger partial charge in [-0.3, -0.25) is 9.59 Å². The average molecular weight is 320 g/mol. The molecule has 1 saturated heterocycles. The molecule has 2 aliphatic rings. The maximum absolute atomic E-state index is 12.9. The Hall–Kier alpha value is -1.96. The number of anilines is 1. The van der Waals surface area contributed by atoms with Gasteiger partial charge in [0, 0.05) is 11.5 Å². The molecule has 1 saturated carbocycles. The zero-order chi connectivity index (χ0) is 17.0. The van der Waals surface area contributed by atoms with E-state index in [1.165, 1.54) is 12.1 Å². The van der Waals surface area contributed by atoms with Crippen LogP contribution in [0.3, 0.4) is 0 Å². The number of esters is 1. The summed E-state index contributed by atoms with van der Waals surface area (Å²) in [7, 11) is 0. The molecular formula is C16H20N2O5. The number of nitrogens with one attached hydrogen (secondary N) is 2. The van der Waals surface area contributed by atoms with Crippen molar-refractivity contribution >= 4 is 23.3 Å². The quantitative estimate of drug-likeness (QED) is 0.572. The molecule has 2 bridgehead atoms. The fraction of sp³-hybridized carbons (Fsp3) is 0.500. The summed E-state index contributed by atoms with van der Waals surface area (Å²) in [5, 5.41) is 22.0. The van der Waals surface area contributed by atoms with Gasteiger partial charge in [-0.15, -0.1) is 0 Å².